The number of aryl methyl sites for hydroxylation is 1. The molecule has 1 aromatic heterocycles. The van der Waals surface area contributed by atoms with Crippen LogP contribution in [0.1, 0.15) is 13.8 Å². The summed E-state index contributed by atoms with van der Waals surface area (Å²) in [5, 5.41) is 0.937. The van der Waals surface area contributed by atoms with Gasteiger partial charge in [-0.05, 0) is 11.8 Å². The van der Waals surface area contributed by atoms with E-state index < -0.39 is 0 Å². The fraction of sp³-hybridized carbons (Fsp3) is 0.700. The smallest absolute Gasteiger partial charge is 0.302 e. The first-order valence-electron chi connectivity index (χ1n) is 4.84. The third kappa shape index (κ3) is 2.50. The second-order valence-electron chi connectivity index (χ2n) is 4.00. The Labute approximate surface area is 92.9 Å². The number of nitrogens with zero attached hydrogens (tertiary/aromatic N) is 2. The summed E-state index contributed by atoms with van der Waals surface area (Å²) in [6.45, 7) is 5.16. The molecule has 0 radical (unpaired) electrons. The van der Waals surface area contributed by atoms with Gasteiger partial charge in [-0.15, -0.1) is 0 Å². The van der Waals surface area contributed by atoms with E-state index in [9.17, 15) is 4.79 Å². The molecule has 0 aliphatic carbocycles. The maximum Gasteiger partial charge on any atom is 0.327 e. The zero-order chi connectivity index (χ0) is 10.7. The number of hydrogen-bond acceptors (Lipinski definition) is 1. The monoisotopic (exact) mass is 260 g/mol. The average molecular weight is 261 g/mol. The molecule has 0 saturated carbocycles. The van der Waals surface area contributed by atoms with E-state index in [4.69, 9.17) is 0 Å². The second-order valence-corrected chi connectivity index (χ2v) is 4.65. The van der Waals surface area contributed by atoms with Gasteiger partial charge < -0.3 is 4.57 Å². The summed E-state index contributed by atoms with van der Waals surface area (Å²) >= 11 is 3.48. The van der Waals surface area contributed by atoms with Crippen molar-refractivity contribution < 1.29 is 0 Å². The van der Waals surface area contributed by atoms with Gasteiger partial charge in [-0.2, -0.15) is 0 Å². The largest absolute Gasteiger partial charge is 0.327 e. The lowest BCUT2D eigenvalue weighted by molar-refractivity contribution is 0.367. The third-order valence-electron chi connectivity index (χ3n) is 2.59. The summed E-state index contributed by atoms with van der Waals surface area (Å²) in [6, 6.07) is 0. The summed E-state index contributed by atoms with van der Waals surface area (Å²) in [4.78, 5) is 11.6. The van der Waals surface area contributed by atoms with E-state index in [1.165, 1.54) is 0 Å². The zero-order valence-electron chi connectivity index (χ0n) is 8.90. The van der Waals surface area contributed by atoms with Crippen molar-refractivity contribution in [2.75, 3.05) is 5.33 Å². The maximum absolute atomic E-state index is 11.6. The lowest BCUT2D eigenvalue weighted by atomic mass is 9.98. The Morgan fingerprint density at radius 2 is 2.07 bits per heavy atom. The molecule has 4 heteroatoms. The topological polar surface area (TPSA) is 26.9 Å². The van der Waals surface area contributed by atoms with Gasteiger partial charge in [0.05, 0.1) is 0 Å². The third-order valence-corrected chi connectivity index (χ3v) is 3.42. The molecule has 0 N–H and O–H groups in total. The van der Waals surface area contributed by atoms with Gasteiger partial charge in [-0.25, -0.2) is 4.79 Å². The van der Waals surface area contributed by atoms with Crippen LogP contribution < -0.4 is 5.69 Å². The molecule has 1 unspecified atom stereocenters. The molecule has 0 aliphatic rings. The zero-order valence-corrected chi connectivity index (χ0v) is 10.5. The number of hydrogen-bond donors (Lipinski definition) is 0. The van der Waals surface area contributed by atoms with E-state index in [0.717, 1.165) is 11.9 Å². The molecule has 1 rings (SSSR count). The number of imidazole rings is 1. The van der Waals surface area contributed by atoms with Crippen LogP contribution in [0.25, 0.3) is 0 Å². The predicted molar refractivity (Wildman–Crippen MR) is 61.8 cm³/mol. The number of halogens is 1. The Balaban J connectivity index is 2.77. The highest BCUT2D eigenvalue weighted by molar-refractivity contribution is 9.09. The molecule has 80 valence electrons. The van der Waals surface area contributed by atoms with Gasteiger partial charge in [-0.1, -0.05) is 29.8 Å². The van der Waals surface area contributed by atoms with E-state index in [-0.39, 0.29) is 5.69 Å². The van der Waals surface area contributed by atoms with Gasteiger partial charge in [0, 0.05) is 31.3 Å². The Kier molecular flexibility index (Phi) is 3.98. The molecule has 0 spiro atoms. The van der Waals surface area contributed by atoms with Crippen molar-refractivity contribution in [3.8, 4) is 0 Å². The van der Waals surface area contributed by atoms with Crippen LogP contribution in [0.4, 0.5) is 0 Å². The van der Waals surface area contributed by atoms with Crippen LogP contribution in [0.3, 0.4) is 0 Å². The van der Waals surface area contributed by atoms with E-state index in [0.29, 0.717) is 11.8 Å². The molecule has 1 heterocycles. The van der Waals surface area contributed by atoms with Crippen LogP contribution in [-0.2, 0) is 13.6 Å². The van der Waals surface area contributed by atoms with Crippen LogP contribution in [0, 0.1) is 11.8 Å². The fourth-order valence-corrected chi connectivity index (χ4v) is 2.29. The van der Waals surface area contributed by atoms with Gasteiger partial charge in [0.25, 0.3) is 0 Å². The van der Waals surface area contributed by atoms with Gasteiger partial charge in [0.2, 0.25) is 0 Å². The summed E-state index contributed by atoms with van der Waals surface area (Å²) in [5.41, 5.74) is 0.0663. The van der Waals surface area contributed by atoms with Crippen LogP contribution in [0.5, 0.6) is 0 Å². The Morgan fingerprint density at radius 1 is 1.43 bits per heavy atom. The first-order chi connectivity index (χ1) is 6.56. The summed E-state index contributed by atoms with van der Waals surface area (Å²) in [5.74, 6) is 1.09. The van der Waals surface area contributed by atoms with Crippen molar-refractivity contribution in [2.24, 2.45) is 18.9 Å². The lowest BCUT2D eigenvalue weighted by Crippen LogP contribution is -2.27. The molecule has 0 fully saturated rings. The number of rotatable bonds is 4. The molecule has 0 saturated heterocycles. The van der Waals surface area contributed by atoms with Crippen LogP contribution in [-0.4, -0.2) is 14.5 Å². The number of alkyl halides is 1. The van der Waals surface area contributed by atoms with E-state index in [1.54, 1.807) is 22.4 Å². The summed E-state index contributed by atoms with van der Waals surface area (Å²) in [6.07, 6.45) is 3.65. The van der Waals surface area contributed by atoms with E-state index >= 15 is 0 Å². The SMILES string of the molecule is CC(C)C(CBr)Cn1ccn(C)c1=O. The van der Waals surface area contributed by atoms with Crippen LogP contribution >= 0.6 is 15.9 Å². The minimum Gasteiger partial charge on any atom is -0.302 e. The van der Waals surface area contributed by atoms with Gasteiger partial charge >= 0.3 is 5.69 Å². The normalized spacial score (nSPS) is 13.5. The summed E-state index contributed by atoms with van der Waals surface area (Å²) < 4.78 is 3.37. The minimum absolute atomic E-state index is 0.0663. The molecule has 3 nitrogen and oxygen atoms in total. The van der Waals surface area contributed by atoms with Crippen molar-refractivity contribution in [3.63, 3.8) is 0 Å². The van der Waals surface area contributed by atoms with Crippen molar-refractivity contribution in [1.29, 1.82) is 0 Å². The first-order valence-corrected chi connectivity index (χ1v) is 5.96. The molecule has 0 aromatic carbocycles. The first kappa shape index (κ1) is 11.6. The average Bonchev–Trinajstić information content (AvgIpc) is 2.44. The van der Waals surface area contributed by atoms with E-state index in [2.05, 4.69) is 29.8 Å². The molecule has 0 amide bonds. The van der Waals surface area contributed by atoms with Crippen LogP contribution in [0.2, 0.25) is 0 Å². The van der Waals surface area contributed by atoms with E-state index in [1.807, 2.05) is 6.20 Å². The number of aromatic nitrogens is 2. The Morgan fingerprint density at radius 3 is 2.43 bits per heavy atom. The molecule has 0 bridgehead atoms. The van der Waals surface area contributed by atoms with Crippen molar-refractivity contribution in [1.82, 2.24) is 9.13 Å². The Hall–Kier alpha value is -0.510. The highest BCUT2D eigenvalue weighted by Gasteiger charge is 2.13. The van der Waals surface area contributed by atoms with Crippen molar-refractivity contribution in [2.45, 2.75) is 20.4 Å². The lowest BCUT2D eigenvalue weighted by Gasteiger charge is -2.17. The summed E-state index contributed by atoms with van der Waals surface area (Å²) in [7, 11) is 1.78. The van der Waals surface area contributed by atoms with Gasteiger partial charge in [0.15, 0.2) is 0 Å². The van der Waals surface area contributed by atoms with Crippen molar-refractivity contribution >= 4 is 15.9 Å². The molecular weight excluding hydrogens is 244 g/mol. The fourth-order valence-electron chi connectivity index (χ4n) is 1.34. The molecule has 0 aliphatic heterocycles. The minimum atomic E-state index is 0.0663. The molecule has 1 aromatic rings. The molecule has 1 atom stereocenters. The van der Waals surface area contributed by atoms with Gasteiger partial charge in [0.1, 0.15) is 0 Å². The van der Waals surface area contributed by atoms with Gasteiger partial charge in [-0.3, -0.25) is 4.57 Å². The maximum atomic E-state index is 11.6. The molecular formula is C10H17BrN2O. The highest BCUT2D eigenvalue weighted by Crippen LogP contribution is 2.15. The second kappa shape index (κ2) is 4.82. The quantitative estimate of drug-likeness (QED) is 0.760. The Bertz CT molecular complexity index is 340. The predicted octanol–water partition coefficient (Wildman–Crippen LogP) is 1.85. The van der Waals surface area contributed by atoms with Crippen molar-refractivity contribution in [3.05, 3.63) is 22.9 Å². The molecule has 14 heavy (non-hydrogen) atoms. The highest BCUT2D eigenvalue weighted by atomic mass is 79.9. The van der Waals surface area contributed by atoms with Crippen LogP contribution in [0.15, 0.2) is 17.2 Å². The standard InChI is InChI=1S/C10H17BrN2O/c1-8(2)9(6-11)7-13-5-4-12(3)10(13)14/h4-5,8-9H,6-7H2,1-3H3.